The van der Waals surface area contributed by atoms with Gasteiger partial charge in [0.2, 0.25) is 0 Å². The van der Waals surface area contributed by atoms with Gasteiger partial charge in [0.15, 0.2) is 5.76 Å². The van der Waals surface area contributed by atoms with Crippen LogP contribution in [0, 0.1) is 5.92 Å². The van der Waals surface area contributed by atoms with Crippen molar-refractivity contribution in [1.29, 1.82) is 0 Å². The third kappa shape index (κ3) is 3.72. The Morgan fingerprint density at radius 1 is 1.57 bits per heavy atom. The zero-order valence-corrected chi connectivity index (χ0v) is 11.9. The molecule has 1 atom stereocenters. The molecule has 2 aromatic heterocycles. The molecular weight excluding hydrogens is 268 g/mol. The highest BCUT2D eigenvalue weighted by molar-refractivity contribution is 5.91. The minimum Gasteiger partial charge on any atom is -0.459 e. The van der Waals surface area contributed by atoms with Gasteiger partial charge in [0.1, 0.15) is 0 Å². The van der Waals surface area contributed by atoms with Crippen LogP contribution < -0.4 is 5.32 Å². The number of carbonyl (C=O) groups is 1. The van der Waals surface area contributed by atoms with Crippen molar-refractivity contribution in [2.24, 2.45) is 5.92 Å². The highest BCUT2D eigenvalue weighted by Crippen LogP contribution is 2.17. The van der Waals surface area contributed by atoms with Crippen LogP contribution in [0.4, 0.5) is 0 Å². The molecule has 0 aliphatic carbocycles. The van der Waals surface area contributed by atoms with E-state index in [4.69, 9.17) is 4.42 Å². The number of hydrogen-bond donors (Lipinski definition) is 2. The van der Waals surface area contributed by atoms with Gasteiger partial charge >= 0.3 is 0 Å². The van der Waals surface area contributed by atoms with Crippen LogP contribution in [0.2, 0.25) is 0 Å². The van der Waals surface area contributed by atoms with Crippen LogP contribution in [0.3, 0.4) is 0 Å². The van der Waals surface area contributed by atoms with Gasteiger partial charge in [0.25, 0.3) is 5.91 Å². The Morgan fingerprint density at radius 2 is 2.52 bits per heavy atom. The highest BCUT2D eigenvalue weighted by atomic mass is 16.3. The molecule has 6 nitrogen and oxygen atoms in total. The number of rotatable bonds is 5. The van der Waals surface area contributed by atoms with Gasteiger partial charge in [-0.2, -0.15) is 0 Å². The molecule has 0 spiro atoms. The predicted molar refractivity (Wildman–Crippen MR) is 77.6 cm³/mol. The quantitative estimate of drug-likeness (QED) is 0.877. The number of likely N-dealkylation sites (tertiary alicyclic amines) is 1. The van der Waals surface area contributed by atoms with E-state index in [1.54, 1.807) is 18.5 Å². The third-order valence-corrected chi connectivity index (χ3v) is 3.85. The summed E-state index contributed by atoms with van der Waals surface area (Å²) in [7, 11) is 0. The molecule has 2 N–H and O–H groups in total. The van der Waals surface area contributed by atoms with Crippen molar-refractivity contribution in [2.45, 2.75) is 19.4 Å². The molecule has 21 heavy (non-hydrogen) atoms. The number of aromatic nitrogens is 2. The molecule has 6 heteroatoms. The minimum atomic E-state index is -0.134. The lowest BCUT2D eigenvalue weighted by Gasteiger charge is -2.32. The van der Waals surface area contributed by atoms with Crippen molar-refractivity contribution in [3.63, 3.8) is 0 Å². The number of hydrogen-bond acceptors (Lipinski definition) is 4. The molecule has 0 radical (unpaired) electrons. The maximum Gasteiger partial charge on any atom is 0.286 e. The van der Waals surface area contributed by atoms with Crippen molar-refractivity contribution in [1.82, 2.24) is 20.2 Å². The molecule has 0 saturated carbocycles. The number of piperidine rings is 1. The monoisotopic (exact) mass is 288 g/mol. The van der Waals surface area contributed by atoms with Gasteiger partial charge in [-0.05, 0) is 37.4 Å². The molecule has 2 aromatic rings. The zero-order chi connectivity index (χ0) is 14.5. The summed E-state index contributed by atoms with van der Waals surface area (Å²) >= 11 is 0. The van der Waals surface area contributed by atoms with Crippen LogP contribution in [0.1, 0.15) is 29.1 Å². The van der Waals surface area contributed by atoms with Gasteiger partial charge in [-0.3, -0.25) is 9.69 Å². The zero-order valence-electron chi connectivity index (χ0n) is 11.9. The predicted octanol–water partition coefficient (Wildman–Crippen LogP) is 1.64. The van der Waals surface area contributed by atoms with Crippen molar-refractivity contribution in [2.75, 3.05) is 19.6 Å². The maximum absolute atomic E-state index is 11.9. The summed E-state index contributed by atoms with van der Waals surface area (Å²) in [6, 6.07) is 3.41. The van der Waals surface area contributed by atoms with Crippen LogP contribution in [-0.2, 0) is 6.54 Å². The average molecular weight is 288 g/mol. The van der Waals surface area contributed by atoms with E-state index >= 15 is 0 Å². The van der Waals surface area contributed by atoms with Crippen LogP contribution in [-0.4, -0.2) is 40.4 Å². The Bertz CT molecular complexity index is 550. The van der Waals surface area contributed by atoms with E-state index in [-0.39, 0.29) is 5.91 Å². The van der Waals surface area contributed by atoms with Gasteiger partial charge in [-0.1, -0.05) is 0 Å². The number of carbonyl (C=O) groups excluding carboxylic acids is 1. The summed E-state index contributed by atoms with van der Waals surface area (Å²) in [5.41, 5.74) is 1.13. The molecular formula is C15H20N4O2. The first-order valence-electron chi connectivity index (χ1n) is 7.32. The summed E-state index contributed by atoms with van der Waals surface area (Å²) in [4.78, 5) is 21.4. The first kappa shape index (κ1) is 13.9. The van der Waals surface area contributed by atoms with Crippen LogP contribution >= 0.6 is 0 Å². The second-order valence-corrected chi connectivity index (χ2v) is 5.51. The topological polar surface area (TPSA) is 74.2 Å². The molecule has 0 aromatic carbocycles. The lowest BCUT2D eigenvalue weighted by Crippen LogP contribution is -2.40. The standard InChI is InChI=1S/C15H20N4O2/c20-15(14-4-2-6-21-14)17-7-12-3-1-5-19(9-12)10-13-8-16-11-18-13/h2,4,6,8,11-12H,1,3,5,7,9-10H2,(H,16,18)(H,17,20)/t12-/m0/s1. The van der Waals surface area contributed by atoms with Gasteiger partial charge in [0, 0.05) is 31.5 Å². The molecule has 1 saturated heterocycles. The summed E-state index contributed by atoms with van der Waals surface area (Å²) in [5.74, 6) is 0.728. The van der Waals surface area contributed by atoms with Crippen LogP contribution in [0.25, 0.3) is 0 Å². The number of H-pyrrole nitrogens is 1. The number of furan rings is 1. The van der Waals surface area contributed by atoms with Crippen molar-refractivity contribution < 1.29 is 9.21 Å². The summed E-state index contributed by atoms with van der Waals surface area (Å²) in [5, 5.41) is 2.95. The highest BCUT2D eigenvalue weighted by Gasteiger charge is 2.21. The van der Waals surface area contributed by atoms with Crippen molar-refractivity contribution in [3.05, 3.63) is 42.4 Å². The van der Waals surface area contributed by atoms with E-state index in [1.165, 1.54) is 6.26 Å². The Kier molecular flexibility index (Phi) is 4.35. The minimum absolute atomic E-state index is 0.134. The Hall–Kier alpha value is -2.08. The molecule has 1 fully saturated rings. The maximum atomic E-state index is 11.9. The van der Waals surface area contributed by atoms with E-state index in [9.17, 15) is 4.79 Å². The fourth-order valence-corrected chi connectivity index (χ4v) is 2.81. The molecule has 0 unspecified atom stereocenters. The molecule has 1 amide bonds. The van der Waals surface area contributed by atoms with E-state index in [1.807, 2.05) is 6.20 Å². The largest absolute Gasteiger partial charge is 0.459 e. The Labute approximate surface area is 123 Å². The number of amides is 1. The second-order valence-electron chi connectivity index (χ2n) is 5.51. The summed E-state index contributed by atoms with van der Waals surface area (Å²) in [6.07, 6.45) is 7.40. The first-order chi connectivity index (χ1) is 10.3. The molecule has 3 rings (SSSR count). The smallest absolute Gasteiger partial charge is 0.286 e. The van der Waals surface area contributed by atoms with Gasteiger partial charge < -0.3 is 14.7 Å². The van der Waals surface area contributed by atoms with E-state index in [0.717, 1.165) is 38.2 Å². The van der Waals surface area contributed by atoms with E-state index < -0.39 is 0 Å². The fourth-order valence-electron chi connectivity index (χ4n) is 2.81. The lowest BCUT2D eigenvalue weighted by molar-refractivity contribution is 0.0903. The SMILES string of the molecule is O=C(NC[C@@H]1CCCN(Cc2cnc[nH]2)C1)c1ccco1. The lowest BCUT2D eigenvalue weighted by atomic mass is 9.98. The van der Waals surface area contributed by atoms with Crippen LogP contribution in [0.15, 0.2) is 35.3 Å². The van der Waals surface area contributed by atoms with Crippen LogP contribution in [0.5, 0.6) is 0 Å². The summed E-state index contributed by atoms with van der Waals surface area (Å²) in [6.45, 7) is 3.68. The number of nitrogens with zero attached hydrogens (tertiary/aromatic N) is 2. The second kappa shape index (κ2) is 6.58. The number of imidazole rings is 1. The molecule has 1 aliphatic rings. The molecule has 112 valence electrons. The average Bonchev–Trinajstić information content (AvgIpc) is 3.18. The summed E-state index contributed by atoms with van der Waals surface area (Å²) < 4.78 is 5.09. The van der Waals surface area contributed by atoms with Gasteiger partial charge in [0.05, 0.1) is 12.6 Å². The fraction of sp³-hybridized carbons (Fsp3) is 0.467. The van der Waals surface area contributed by atoms with Gasteiger partial charge in [-0.25, -0.2) is 4.98 Å². The molecule has 3 heterocycles. The number of aromatic amines is 1. The molecule has 0 bridgehead atoms. The normalized spacial score (nSPS) is 19.5. The first-order valence-corrected chi connectivity index (χ1v) is 7.32. The Balaban J connectivity index is 1.46. The Morgan fingerprint density at radius 3 is 3.29 bits per heavy atom. The third-order valence-electron chi connectivity index (χ3n) is 3.85. The molecule has 1 aliphatic heterocycles. The van der Waals surface area contributed by atoms with Gasteiger partial charge in [-0.15, -0.1) is 0 Å². The van der Waals surface area contributed by atoms with E-state index in [0.29, 0.717) is 18.2 Å². The number of nitrogens with one attached hydrogen (secondary N) is 2. The van der Waals surface area contributed by atoms with Crippen molar-refractivity contribution in [3.8, 4) is 0 Å². The van der Waals surface area contributed by atoms with Crippen molar-refractivity contribution >= 4 is 5.91 Å². The van der Waals surface area contributed by atoms with E-state index in [2.05, 4.69) is 20.2 Å².